The van der Waals surface area contributed by atoms with Crippen LogP contribution in [0.15, 0.2) is 24.3 Å². The summed E-state index contributed by atoms with van der Waals surface area (Å²) in [6.45, 7) is 2.23. The molecule has 0 aliphatic heterocycles. The van der Waals surface area contributed by atoms with E-state index in [-0.39, 0.29) is 11.6 Å². The Kier molecular flexibility index (Phi) is 8.17. The average Bonchev–Trinajstić information content (AvgIpc) is 2.60. The Bertz CT molecular complexity index is 566. The minimum atomic E-state index is -4.42. The minimum Gasteiger partial charge on any atom is -0.206 e. The molecule has 26 heavy (non-hydrogen) atoms. The second kappa shape index (κ2) is 10.1. The fourth-order valence-corrected chi connectivity index (χ4v) is 3.94. The molecule has 1 aliphatic rings. The van der Waals surface area contributed by atoms with Crippen LogP contribution in [0.4, 0.5) is 17.6 Å². The van der Waals surface area contributed by atoms with Gasteiger partial charge in [-0.1, -0.05) is 57.6 Å². The quantitative estimate of drug-likeness (QED) is 0.321. The number of rotatable bonds is 8. The molecule has 146 valence electrons. The van der Waals surface area contributed by atoms with Crippen LogP contribution >= 0.6 is 0 Å². The van der Waals surface area contributed by atoms with Crippen LogP contribution < -0.4 is 0 Å². The summed E-state index contributed by atoms with van der Waals surface area (Å²) in [5.74, 6) is 0.550. The summed E-state index contributed by atoms with van der Waals surface area (Å²) in [6.07, 6.45) is 8.78. The Morgan fingerprint density at radius 1 is 1.00 bits per heavy atom. The van der Waals surface area contributed by atoms with Crippen LogP contribution in [0.2, 0.25) is 0 Å². The summed E-state index contributed by atoms with van der Waals surface area (Å²) in [5.41, 5.74) is 0.917. The molecule has 0 atom stereocenters. The van der Waals surface area contributed by atoms with Gasteiger partial charge in [-0.3, -0.25) is 0 Å². The molecule has 0 nitrogen and oxygen atoms in total. The van der Waals surface area contributed by atoms with E-state index < -0.39 is 12.0 Å². The van der Waals surface area contributed by atoms with Crippen molar-refractivity contribution in [3.8, 4) is 0 Å². The fourth-order valence-electron chi connectivity index (χ4n) is 3.94. The minimum absolute atomic E-state index is 0.00756. The predicted molar refractivity (Wildman–Crippen MR) is 99.6 cm³/mol. The Balaban J connectivity index is 1.82. The molecule has 4 heteroatoms. The van der Waals surface area contributed by atoms with Gasteiger partial charge in [0.1, 0.15) is 5.82 Å². The highest BCUT2D eigenvalue weighted by atomic mass is 19.4. The Labute approximate surface area is 154 Å². The Morgan fingerprint density at radius 3 is 2.31 bits per heavy atom. The molecule has 0 saturated heterocycles. The van der Waals surface area contributed by atoms with Crippen LogP contribution in [0.5, 0.6) is 0 Å². The van der Waals surface area contributed by atoms with Crippen LogP contribution in [-0.4, -0.2) is 6.18 Å². The summed E-state index contributed by atoms with van der Waals surface area (Å²) in [7, 11) is 0. The monoisotopic (exact) mass is 370 g/mol. The fraction of sp³-hybridized carbons (Fsp3) is 0.636. The van der Waals surface area contributed by atoms with Gasteiger partial charge >= 0.3 is 6.18 Å². The summed E-state index contributed by atoms with van der Waals surface area (Å²) in [4.78, 5) is 0. The lowest BCUT2D eigenvalue weighted by Gasteiger charge is -2.29. The van der Waals surface area contributed by atoms with Crippen LogP contribution in [0.1, 0.15) is 88.2 Å². The molecule has 2 rings (SSSR count). The van der Waals surface area contributed by atoms with E-state index in [9.17, 15) is 17.6 Å². The van der Waals surface area contributed by atoms with Crippen molar-refractivity contribution in [2.75, 3.05) is 0 Å². The van der Waals surface area contributed by atoms with Crippen molar-refractivity contribution in [2.45, 2.75) is 83.2 Å². The van der Waals surface area contributed by atoms with Gasteiger partial charge in [-0.15, -0.1) is 0 Å². The molecule has 0 N–H and O–H groups in total. The molecule has 0 radical (unpaired) electrons. The zero-order chi connectivity index (χ0) is 19.0. The molecule has 0 spiro atoms. The van der Waals surface area contributed by atoms with Gasteiger partial charge in [0, 0.05) is 11.6 Å². The first-order valence-electron chi connectivity index (χ1n) is 9.94. The Morgan fingerprint density at radius 2 is 1.69 bits per heavy atom. The highest BCUT2D eigenvalue weighted by Gasteiger charge is 2.24. The number of hydrogen-bond acceptors (Lipinski definition) is 0. The molecule has 1 aliphatic carbocycles. The number of allylic oxidation sites excluding steroid dienone is 1. The molecular weight excluding hydrogens is 340 g/mol. The summed E-state index contributed by atoms with van der Waals surface area (Å²) >= 11 is 0. The molecule has 0 amide bonds. The SMILES string of the molecule is CCCCCCCC1CCC(c2ccc(/C=C/C(F)(F)F)c(F)c2)CC1. The second-order valence-corrected chi connectivity index (χ2v) is 7.58. The molecule has 1 saturated carbocycles. The highest BCUT2D eigenvalue weighted by molar-refractivity contribution is 5.51. The predicted octanol–water partition coefficient (Wildman–Crippen LogP) is 8.04. The van der Waals surface area contributed by atoms with Gasteiger partial charge in [0.25, 0.3) is 0 Å². The van der Waals surface area contributed by atoms with E-state index in [1.54, 1.807) is 6.07 Å². The van der Waals surface area contributed by atoms with E-state index in [1.807, 2.05) is 0 Å². The van der Waals surface area contributed by atoms with E-state index in [2.05, 4.69) is 6.92 Å². The summed E-state index contributed by atoms with van der Waals surface area (Å²) in [6, 6.07) is 4.67. The topological polar surface area (TPSA) is 0 Å². The number of benzene rings is 1. The molecular formula is C22H30F4. The van der Waals surface area contributed by atoms with E-state index in [4.69, 9.17) is 0 Å². The van der Waals surface area contributed by atoms with Crippen LogP contribution in [0.3, 0.4) is 0 Å². The number of halogens is 4. The van der Waals surface area contributed by atoms with Crippen molar-refractivity contribution in [1.29, 1.82) is 0 Å². The van der Waals surface area contributed by atoms with Gasteiger partial charge in [0.15, 0.2) is 0 Å². The first-order valence-corrected chi connectivity index (χ1v) is 9.94. The van der Waals surface area contributed by atoms with Crippen LogP contribution in [-0.2, 0) is 0 Å². The van der Waals surface area contributed by atoms with Crippen molar-refractivity contribution < 1.29 is 17.6 Å². The third-order valence-corrected chi connectivity index (χ3v) is 5.51. The van der Waals surface area contributed by atoms with Crippen molar-refractivity contribution in [1.82, 2.24) is 0 Å². The number of unbranched alkanes of at least 4 members (excludes halogenated alkanes) is 4. The third kappa shape index (κ3) is 7.13. The van der Waals surface area contributed by atoms with Gasteiger partial charge in [-0.2, -0.15) is 13.2 Å². The molecule has 1 fully saturated rings. The molecule has 0 aromatic heterocycles. The molecule has 0 heterocycles. The van der Waals surface area contributed by atoms with Gasteiger partial charge in [-0.05, 0) is 55.2 Å². The number of alkyl halides is 3. The Hall–Kier alpha value is -1.32. The largest absolute Gasteiger partial charge is 0.409 e. The van der Waals surface area contributed by atoms with Crippen molar-refractivity contribution in [3.63, 3.8) is 0 Å². The van der Waals surface area contributed by atoms with E-state index >= 15 is 0 Å². The lowest BCUT2D eigenvalue weighted by Crippen LogP contribution is -2.13. The molecule has 0 bridgehead atoms. The first kappa shape index (κ1) is 21.0. The second-order valence-electron chi connectivity index (χ2n) is 7.58. The number of hydrogen-bond donors (Lipinski definition) is 0. The molecule has 1 aromatic carbocycles. The summed E-state index contributed by atoms with van der Waals surface area (Å²) < 4.78 is 50.8. The van der Waals surface area contributed by atoms with E-state index in [0.717, 1.165) is 30.4 Å². The van der Waals surface area contributed by atoms with Crippen molar-refractivity contribution in [2.24, 2.45) is 5.92 Å². The standard InChI is InChI=1S/C22H30F4/c1-2-3-4-5-6-7-17-8-10-18(11-9-17)20-13-12-19(21(23)16-20)14-15-22(24,25)26/h12-18H,2-11H2,1H3/b15-14+. The lowest BCUT2D eigenvalue weighted by atomic mass is 9.77. The first-order chi connectivity index (χ1) is 12.4. The summed E-state index contributed by atoms with van der Waals surface area (Å²) in [5, 5.41) is 0. The zero-order valence-electron chi connectivity index (χ0n) is 15.6. The lowest BCUT2D eigenvalue weighted by molar-refractivity contribution is -0.0790. The molecule has 1 aromatic rings. The van der Waals surface area contributed by atoms with Gasteiger partial charge in [0.2, 0.25) is 0 Å². The maximum absolute atomic E-state index is 14.1. The van der Waals surface area contributed by atoms with Crippen LogP contribution in [0.25, 0.3) is 6.08 Å². The van der Waals surface area contributed by atoms with E-state index in [1.165, 1.54) is 63.5 Å². The van der Waals surface area contributed by atoms with Gasteiger partial charge in [0.05, 0.1) is 0 Å². The van der Waals surface area contributed by atoms with Gasteiger partial charge in [-0.25, -0.2) is 4.39 Å². The maximum Gasteiger partial charge on any atom is 0.409 e. The van der Waals surface area contributed by atoms with Gasteiger partial charge < -0.3 is 0 Å². The average molecular weight is 370 g/mol. The van der Waals surface area contributed by atoms with E-state index in [0.29, 0.717) is 5.92 Å². The maximum atomic E-state index is 14.1. The van der Waals surface area contributed by atoms with Crippen molar-refractivity contribution >= 4 is 6.08 Å². The highest BCUT2D eigenvalue weighted by Crippen LogP contribution is 2.38. The third-order valence-electron chi connectivity index (χ3n) is 5.51. The van der Waals surface area contributed by atoms with Crippen molar-refractivity contribution in [3.05, 3.63) is 41.2 Å². The molecule has 0 unspecified atom stereocenters. The normalized spacial score (nSPS) is 21.4. The zero-order valence-corrected chi connectivity index (χ0v) is 15.6. The van der Waals surface area contributed by atoms with Crippen LogP contribution in [0, 0.1) is 11.7 Å². The smallest absolute Gasteiger partial charge is 0.206 e.